The van der Waals surface area contributed by atoms with Crippen molar-refractivity contribution in [2.24, 2.45) is 0 Å². The summed E-state index contributed by atoms with van der Waals surface area (Å²) in [6, 6.07) is -0.0976. The molecule has 0 radical (unpaired) electrons. The minimum atomic E-state index is -3.23. The molecule has 0 atom stereocenters. The lowest BCUT2D eigenvalue weighted by Gasteiger charge is -2.26. The van der Waals surface area contributed by atoms with Crippen LogP contribution in [-0.4, -0.2) is 42.3 Å². The lowest BCUT2D eigenvalue weighted by atomic mass is 10.4. The summed E-state index contributed by atoms with van der Waals surface area (Å²) in [4.78, 5) is 0. The molecule has 0 spiro atoms. The van der Waals surface area contributed by atoms with E-state index in [1.165, 1.54) is 4.31 Å². The normalized spacial score (nSPS) is 13.2. The molecule has 1 N–H and O–H groups in total. The van der Waals surface area contributed by atoms with Crippen molar-refractivity contribution in [3.8, 4) is 0 Å². The molecule has 80 valence electrons. The smallest absolute Gasteiger partial charge is 0.216 e. The number of rotatable bonds is 5. The summed E-state index contributed by atoms with van der Waals surface area (Å²) in [5.74, 6) is 0. The standard InChI is InChI=1S/C8H19NO3S/c1-7(2)9(5-6-10)13(11,12)8(3)4/h7-8,10H,5-6H2,1-4H3. The van der Waals surface area contributed by atoms with Crippen LogP contribution in [0.25, 0.3) is 0 Å². The fraction of sp³-hybridized carbons (Fsp3) is 1.00. The van der Waals surface area contributed by atoms with Gasteiger partial charge >= 0.3 is 0 Å². The van der Waals surface area contributed by atoms with Crippen LogP contribution >= 0.6 is 0 Å². The highest BCUT2D eigenvalue weighted by atomic mass is 32.2. The molecule has 5 heteroatoms. The van der Waals surface area contributed by atoms with Gasteiger partial charge in [0.1, 0.15) is 0 Å². The molecule has 0 aromatic carbocycles. The third-order valence-electron chi connectivity index (χ3n) is 1.82. The molecule has 0 amide bonds. The number of nitrogens with zero attached hydrogens (tertiary/aromatic N) is 1. The van der Waals surface area contributed by atoms with Crippen molar-refractivity contribution in [3.63, 3.8) is 0 Å². The predicted octanol–water partition coefficient (Wildman–Crippen LogP) is 0.427. The fourth-order valence-corrected chi connectivity index (χ4v) is 2.51. The molecule has 0 fully saturated rings. The Labute approximate surface area is 80.6 Å². The Morgan fingerprint density at radius 2 is 1.69 bits per heavy atom. The quantitative estimate of drug-likeness (QED) is 0.714. The molecule has 0 unspecified atom stereocenters. The summed E-state index contributed by atoms with van der Waals surface area (Å²) in [7, 11) is -3.23. The minimum absolute atomic E-state index is 0.0976. The predicted molar refractivity (Wildman–Crippen MR) is 53.0 cm³/mol. The number of sulfonamides is 1. The van der Waals surface area contributed by atoms with E-state index in [-0.39, 0.29) is 19.2 Å². The third-order valence-corrected chi connectivity index (χ3v) is 4.27. The summed E-state index contributed by atoms with van der Waals surface area (Å²) < 4.78 is 24.7. The maximum absolute atomic E-state index is 11.7. The van der Waals surface area contributed by atoms with E-state index < -0.39 is 15.3 Å². The summed E-state index contributed by atoms with van der Waals surface area (Å²) in [6.07, 6.45) is 0. The first-order valence-corrected chi connectivity index (χ1v) is 5.95. The highest BCUT2D eigenvalue weighted by Gasteiger charge is 2.27. The van der Waals surface area contributed by atoms with Crippen molar-refractivity contribution in [1.82, 2.24) is 4.31 Å². The number of aliphatic hydroxyl groups is 1. The van der Waals surface area contributed by atoms with Gasteiger partial charge in [-0.3, -0.25) is 0 Å². The average Bonchev–Trinajstić information content (AvgIpc) is 1.98. The van der Waals surface area contributed by atoms with Crippen LogP contribution in [0.1, 0.15) is 27.7 Å². The zero-order valence-corrected chi connectivity index (χ0v) is 9.50. The van der Waals surface area contributed by atoms with Crippen molar-refractivity contribution >= 4 is 10.0 Å². The molecule has 0 aromatic rings. The van der Waals surface area contributed by atoms with Gasteiger partial charge in [0.2, 0.25) is 10.0 Å². The van der Waals surface area contributed by atoms with Crippen LogP contribution in [0.2, 0.25) is 0 Å². The van der Waals surface area contributed by atoms with E-state index in [0.29, 0.717) is 0 Å². The maximum Gasteiger partial charge on any atom is 0.216 e. The number of hydrogen-bond donors (Lipinski definition) is 1. The van der Waals surface area contributed by atoms with Crippen LogP contribution in [0.5, 0.6) is 0 Å². The Bertz CT molecular complexity index is 234. The van der Waals surface area contributed by atoms with Crippen LogP contribution in [0.4, 0.5) is 0 Å². The molecule has 0 heterocycles. The number of hydrogen-bond acceptors (Lipinski definition) is 3. The van der Waals surface area contributed by atoms with Gasteiger partial charge in [-0.05, 0) is 27.7 Å². The second kappa shape index (κ2) is 4.93. The van der Waals surface area contributed by atoms with Crippen LogP contribution in [0.3, 0.4) is 0 Å². The zero-order valence-electron chi connectivity index (χ0n) is 8.69. The summed E-state index contributed by atoms with van der Waals surface area (Å²) in [5.41, 5.74) is 0. The molecule has 0 saturated carbocycles. The fourth-order valence-electron chi connectivity index (χ4n) is 1.05. The van der Waals surface area contributed by atoms with Gasteiger partial charge in [-0.25, -0.2) is 8.42 Å². The Morgan fingerprint density at radius 3 is 1.92 bits per heavy atom. The maximum atomic E-state index is 11.7. The van der Waals surface area contributed by atoms with E-state index in [2.05, 4.69) is 0 Å². The highest BCUT2D eigenvalue weighted by molar-refractivity contribution is 7.89. The summed E-state index contributed by atoms with van der Waals surface area (Å²) >= 11 is 0. The molecule has 0 rings (SSSR count). The summed E-state index contributed by atoms with van der Waals surface area (Å²) in [6.45, 7) is 6.93. The van der Waals surface area contributed by atoms with Crippen molar-refractivity contribution in [2.75, 3.05) is 13.2 Å². The van der Waals surface area contributed by atoms with E-state index in [4.69, 9.17) is 5.11 Å². The largest absolute Gasteiger partial charge is 0.395 e. The Hall–Kier alpha value is -0.130. The van der Waals surface area contributed by atoms with Crippen molar-refractivity contribution in [1.29, 1.82) is 0 Å². The third kappa shape index (κ3) is 3.25. The number of aliphatic hydroxyl groups excluding tert-OH is 1. The van der Waals surface area contributed by atoms with E-state index in [1.807, 2.05) is 0 Å². The Kier molecular flexibility index (Phi) is 4.88. The first-order chi connectivity index (χ1) is 5.84. The lowest BCUT2D eigenvalue weighted by Crippen LogP contribution is -2.42. The minimum Gasteiger partial charge on any atom is -0.395 e. The molecule has 0 aliphatic heterocycles. The van der Waals surface area contributed by atoms with Gasteiger partial charge in [0, 0.05) is 12.6 Å². The van der Waals surface area contributed by atoms with Crippen LogP contribution in [-0.2, 0) is 10.0 Å². The molecular weight excluding hydrogens is 190 g/mol. The monoisotopic (exact) mass is 209 g/mol. The lowest BCUT2D eigenvalue weighted by molar-refractivity contribution is 0.235. The van der Waals surface area contributed by atoms with E-state index >= 15 is 0 Å². The van der Waals surface area contributed by atoms with Crippen molar-refractivity contribution in [2.45, 2.75) is 39.0 Å². The van der Waals surface area contributed by atoms with Gasteiger partial charge in [-0.1, -0.05) is 0 Å². The average molecular weight is 209 g/mol. The van der Waals surface area contributed by atoms with Gasteiger partial charge in [-0.2, -0.15) is 4.31 Å². The van der Waals surface area contributed by atoms with Gasteiger partial charge < -0.3 is 5.11 Å². The van der Waals surface area contributed by atoms with Crippen LogP contribution in [0.15, 0.2) is 0 Å². The Morgan fingerprint density at radius 1 is 1.23 bits per heavy atom. The second-order valence-corrected chi connectivity index (χ2v) is 5.96. The molecule has 0 aliphatic rings. The molecule has 0 aromatic heterocycles. The molecule has 0 bridgehead atoms. The highest BCUT2D eigenvalue weighted by Crippen LogP contribution is 2.11. The molecule has 0 aliphatic carbocycles. The first-order valence-electron chi connectivity index (χ1n) is 4.45. The topological polar surface area (TPSA) is 57.6 Å². The van der Waals surface area contributed by atoms with Crippen LogP contribution < -0.4 is 0 Å². The van der Waals surface area contributed by atoms with Crippen molar-refractivity contribution in [3.05, 3.63) is 0 Å². The van der Waals surface area contributed by atoms with Gasteiger partial charge in [0.05, 0.1) is 11.9 Å². The zero-order chi connectivity index (χ0) is 10.6. The van der Waals surface area contributed by atoms with Gasteiger partial charge in [0.25, 0.3) is 0 Å². The summed E-state index contributed by atoms with van der Waals surface area (Å²) in [5, 5.41) is 8.30. The van der Waals surface area contributed by atoms with E-state index in [1.54, 1.807) is 27.7 Å². The van der Waals surface area contributed by atoms with E-state index in [9.17, 15) is 8.42 Å². The van der Waals surface area contributed by atoms with Gasteiger partial charge in [-0.15, -0.1) is 0 Å². The Balaban J connectivity index is 4.74. The van der Waals surface area contributed by atoms with E-state index in [0.717, 1.165) is 0 Å². The molecule has 4 nitrogen and oxygen atoms in total. The second-order valence-electron chi connectivity index (χ2n) is 3.52. The SMILES string of the molecule is CC(C)N(CCO)S(=O)(=O)C(C)C. The van der Waals surface area contributed by atoms with Gasteiger partial charge in [0.15, 0.2) is 0 Å². The van der Waals surface area contributed by atoms with Crippen LogP contribution in [0, 0.1) is 0 Å². The molecule has 13 heavy (non-hydrogen) atoms. The molecule has 0 saturated heterocycles. The first kappa shape index (κ1) is 12.9. The van der Waals surface area contributed by atoms with Crippen molar-refractivity contribution < 1.29 is 13.5 Å². The molecular formula is C8H19NO3S.